The van der Waals surface area contributed by atoms with E-state index >= 15 is 0 Å². The third-order valence-electron chi connectivity index (χ3n) is 2.53. The molecule has 2 heterocycles. The number of nitrogens with zero attached hydrogens (tertiary/aromatic N) is 1. The van der Waals surface area contributed by atoms with Crippen molar-refractivity contribution in [2.24, 2.45) is 0 Å². The van der Waals surface area contributed by atoms with Gasteiger partial charge in [-0.15, -0.1) is 11.3 Å². The Morgan fingerprint density at radius 1 is 1.59 bits per heavy atom. The summed E-state index contributed by atoms with van der Waals surface area (Å²) in [6.45, 7) is 3.29. The topological polar surface area (TPSA) is 62.1 Å². The zero-order valence-corrected chi connectivity index (χ0v) is 10.5. The molecule has 0 unspecified atom stereocenters. The zero-order valence-electron chi connectivity index (χ0n) is 9.64. The van der Waals surface area contributed by atoms with Crippen LogP contribution in [-0.4, -0.2) is 22.3 Å². The average molecular weight is 249 g/mol. The van der Waals surface area contributed by atoms with E-state index in [1.807, 2.05) is 24.4 Å². The Bertz CT molecular complexity index is 490. The number of amides is 1. The van der Waals surface area contributed by atoms with Gasteiger partial charge in [-0.25, -0.2) is 0 Å². The summed E-state index contributed by atoms with van der Waals surface area (Å²) in [4.78, 5) is 18.0. The van der Waals surface area contributed by atoms with E-state index in [-0.39, 0.29) is 5.91 Å². The molecule has 0 aliphatic rings. The summed E-state index contributed by atoms with van der Waals surface area (Å²) in [6, 6.07) is 5.69. The number of nitrogens with two attached hydrogens (primary N) is 1. The number of hydrogen-bond donors (Lipinski definition) is 2. The van der Waals surface area contributed by atoms with Crippen LogP contribution in [0.4, 0.5) is 5.69 Å². The molecule has 0 aliphatic carbocycles. The lowest BCUT2D eigenvalue weighted by molar-refractivity contribution is 0.0749. The van der Waals surface area contributed by atoms with Crippen LogP contribution in [0.5, 0.6) is 0 Å². The summed E-state index contributed by atoms with van der Waals surface area (Å²) in [7, 11) is 0. The molecule has 2 aromatic rings. The lowest BCUT2D eigenvalue weighted by Crippen LogP contribution is -2.30. The Morgan fingerprint density at radius 3 is 2.94 bits per heavy atom. The maximum absolute atomic E-state index is 12.2. The first-order valence-electron chi connectivity index (χ1n) is 5.46. The Hall–Kier alpha value is -1.75. The first-order valence-corrected chi connectivity index (χ1v) is 6.34. The summed E-state index contributed by atoms with van der Waals surface area (Å²) in [6.07, 6.45) is 1.63. The summed E-state index contributed by atoms with van der Waals surface area (Å²) in [5.74, 6) is -0.0161. The Balaban J connectivity index is 2.10. The minimum Gasteiger partial charge on any atom is -0.397 e. The number of nitrogen functional groups attached to an aromatic ring is 1. The molecule has 0 aliphatic heterocycles. The average Bonchev–Trinajstić information content (AvgIpc) is 2.96. The van der Waals surface area contributed by atoms with E-state index < -0.39 is 0 Å². The second kappa shape index (κ2) is 5.05. The van der Waals surface area contributed by atoms with Crippen LogP contribution in [0, 0.1) is 0 Å². The summed E-state index contributed by atoms with van der Waals surface area (Å²) in [5.41, 5.74) is 6.72. The third kappa shape index (κ3) is 2.68. The van der Waals surface area contributed by atoms with Crippen molar-refractivity contribution in [2.75, 3.05) is 12.3 Å². The molecule has 0 fully saturated rings. The molecular weight excluding hydrogens is 234 g/mol. The van der Waals surface area contributed by atoms with Crippen molar-refractivity contribution in [3.63, 3.8) is 0 Å². The molecule has 0 bridgehead atoms. The standard InChI is InChI=1S/C12H15N3OS/c1-2-15(8-10-4-3-5-17-10)12(16)11-6-9(13)7-14-11/h3-7,14H,2,8,13H2,1H3. The normalized spacial score (nSPS) is 10.4. The number of thiophene rings is 1. The fourth-order valence-corrected chi connectivity index (χ4v) is 2.34. The van der Waals surface area contributed by atoms with Crippen molar-refractivity contribution in [1.82, 2.24) is 9.88 Å². The van der Waals surface area contributed by atoms with Gasteiger partial charge in [0.05, 0.1) is 6.54 Å². The first-order chi connectivity index (χ1) is 8.20. The van der Waals surface area contributed by atoms with Crippen LogP contribution in [0.1, 0.15) is 22.3 Å². The molecule has 0 radical (unpaired) electrons. The maximum atomic E-state index is 12.2. The van der Waals surface area contributed by atoms with Crippen LogP contribution in [0.15, 0.2) is 29.8 Å². The van der Waals surface area contributed by atoms with Gasteiger partial charge in [0.2, 0.25) is 0 Å². The van der Waals surface area contributed by atoms with E-state index in [1.165, 1.54) is 4.88 Å². The van der Waals surface area contributed by atoms with Gasteiger partial charge >= 0.3 is 0 Å². The highest BCUT2D eigenvalue weighted by Gasteiger charge is 2.16. The van der Waals surface area contributed by atoms with E-state index in [0.717, 1.165) is 0 Å². The quantitative estimate of drug-likeness (QED) is 0.873. The van der Waals surface area contributed by atoms with Crippen molar-refractivity contribution in [3.05, 3.63) is 40.3 Å². The molecular formula is C12H15N3OS. The van der Waals surface area contributed by atoms with Crippen molar-refractivity contribution in [3.8, 4) is 0 Å². The Morgan fingerprint density at radius 2 is 2.41 bits per heavy atom. The number of hydrogen-bond acceptors (Lipinski definition) is 3. The predicted octanol–water partition coefficient (Wildman–Crippen LogP) is 2.32. The largest absolute Gasteiger partial charge is 0.397 e. The van der Waals surface area contributed by atoms with Crippen LogP contribution < -0.4 is 5.73 Å². The molecule has 90 valence electrons. The highest BCUT2D eigenvalue weighted by atomic mass is 32.1. The summed E-state index contributed by atoms with van der Waals surface area (Å²) >= 11 is 1.66. The zero-order chi connectivity index (χ0) is 12.3. The Labute approximate surface area is 104 Å². The molecule has 0 atom stereocenters. The predicted molar refractivity (Wildman–Crippen MR) is 69.9 cm³/mol. The Kier molecular flexibility index (Phi) is 3.49. The van der Waals surface area contributed by atoms with Crippen molar-refractivity contribution >= 4 is 22.9 Å². The van der Waals surface area contributed by atoms with E-state index in [2.05, 4.69) is 4.98 Å². The fraction of sp³-hybridized carbons (Fsp3) is 0.250. The highest BCUT2D eigenvalue weighted by molar-refractivity contribution is 7.09. The second-order valence-electron chi connectivity index (χ2n) is 3.75. The van der Waals surface area contributed by atoms with Gasteiger partial charge in [0.25, 0.3) is 5.91 Å². The number of anilines is 1. The molecule has 17 heavy (non-hydrogen) atoms. The molecule has 3 N–H and O–H groups in total. The number of H-pyrrole nitrogens is 1. The molecule has 0 spiro atoms. The van der Waals surface area contributed by atoms with Crippen molar-refractivity contribution in [2.45, 2.75) is 13.5 Å². The SMILES string of the molecule is CCN(Cc1cccs1)C(=O)c1cc(N)c[nH]1. The number of carbonyl (C=O) groups excluding carboxylic acids is 1. The smallest absolute Gasteiger partial charge is 0.270 e. The van der Waals surface area contributed by atoms with Crippen LogP contribution in [0.3, 0.4) is 0 Å². The van der Waals surface area contributed by atoms with Crippen LogP contribution in [0.25, 0.3) is 0 Å². The van der Waals surface area contributed by atoms with Gasteiger partial charge in [0, 0.05) is 23.3 Å². The van der Waals surface area contributed by atoms with Crippen LogP contribution in [-0.2, 0) is 6.54 Å². The van der Waals surface area contributed by atoms with Gasteiger partial charge in [-0.2, -0.15) is 0 Å². The van der Waals surface area contributed by atoms with E-state index in [9.17, 15) is 4.79 Å². The second-order valence-corrected chi connectivity index (χ2v) is 4.78. The minimum atomic E-state index is -0.0161. The summed E-state index contributed by atoms with van der Waals surface area (Å²) < 4.78 is 0. The van der Waals surface area contributed by atoms with E-state index in [1.54, 1.807) is 28.5 Å². The van der Waals surface area contributed by atoms with Gasteiger partial charge < -0.3 is 15.6 Å². The maximum Gasteiger partial charge on any atom is 0.270 e. The van der Waals surface area contributed by atoms with Crippen LogP contribution in [0.2, 0.25) is 0 Å². The van der Waals surface area contributed by atoms with Gasteiger partial charge in [0.15, 0.2) is 0 Å². The minimum absolute atomic E-state index is 0.0161. The molecule has 2 rings (SSSR count). The third-order valence-corrected chi connectivity index (χ3v) is 3.39. The number of aromatic nitrogens is 1. The number of nitrogens with one attached hydrogen (secondary N) is 1. The fourth-order valence-electron chi connectivity index (χ4n) is 1.62. The molecule has 2 aromatic heterocycles. The summed E-state index contributed by atoms with van der Waals surface area (Å²) in [5, 5.41) is 2.01. The monoisotopic (exact) mass is 249 g/mol. The van der Waals surface area contributed by atoms with Gasteiger partial charge in [0.1, 0.15) is 5.69 Å². The van der Waals surface area contributed by atoms with E-state index in [4.69, 9.17) is 5.73 Å². The molecule has 5 heteroatoms. The molecule has 4 nitrogen and oxygen atoms in total. The molecule has 0 saturated carbocycles. The van der Waals surface area contributed by atoms with Crippen molar-refractivity contribution in [1.29, 1.82) is 0 Å². The first kappa shape index (κ1) is 11.7. The van der Waals surface area contributed by atoms with Gasteiger partial charge in [-0.3, -0.25) is 4.79 Å². The van der Waals surface area contributed by atoms with Crippen LogP contribution >= 0.6 is 11.3 Å². The molecule has 0 aromatic carbocycles. The highest BCUT2D eigenvalue weighted by Crippen LogP contribution is 2.14. The number of aromatic amines is 1. The van der Waals surface area contributed by atoms with Gasteiger partial charge in [-0.1, -0.05) is 6.07 Å². The van der Waals surface area contributed by atoms with E-state index in [0.29, 0.717) is 24.5 Å². The lowest BCUT2D eigenvalue weighted by atomic mass is 10.3. The number of rotatable bonds is 4. The van der Waals surface area contributed by atoms with Crippen molar-refractivity contribution < 1.29 is 4.79 Å². The molecule has 0 saturated heterocycles. The number of carbonyl (C=O) groups is 1. The lowest BCUT2D eigenvalue weighted by Gasteiger charge is -2.19. The molecule has 1 amide bonds. The van der Waals surface area contributed by atoms with Gasteiger partial charge in [-0.05, 0) is 24.4 Å².